The van der Waals surface area contributed by atoms with E-state index >= 15 is 0 Å². The zero-order valence-corrected chi connectivity index (χ0v) is 22.7. The Hall–Kier alpha value is -3.65. The highest BCUT2D eigenvalue weighted by molar-refractivity contribution is 7.99. The van der Waals surface area contributed by atoms with Gasteiger partial charge in [-0.2, -0.15) is 0 Å². The first-order valence-corrected chi connectivity index (χ1v) is 14.2. The van der Waals surface area contributed by atoms with Crippen molar-refractivity contribution in [1.29, 1.82) is 0 Å². The van der Waals surface area contributed by atoms with Gasteiger partial charge in [0.15, 0.2) is 5.16 Å². The Morgan fingerprint density at radius 2 is 1.68 bits per heavy atom. The van der Waals surface area contributed by atoms with Crippen molar-refractivity contribution in [2.75, 3.05) is 25.4 Å². The van der Waals surface area contributed by atoms with Crippen LogP contribution in [0.5, 0.6) is 0 Å². The Bertz CT molecular complexity index is 1420. The smallest absolute Gasteiger partial charge is 0.254 e. The molecule has 38 heavy (non-hydrogen) atoms. The molecule has 1 atom stereocenters. The first kappa shape index (κ1) is 26.0. The molecule has 8 heteroatoms. The van der Waals surface area contributed by atoms with Crippen molar-refractivity contribution < 1.29 is 9.59 Å². The molecule has 1 aliphatic heterocycles. The van der Waals surface area contributed by atoms with Crippen LogP contribution in [0.25, 0.3) is 16.5 Å². The van der Waals surface area contributed by atoms with Crippen LogP contribution in [0.3, 0.4) is 0 Å². The first-order chi connectivity index (χ1) is 18.5. The molecule has 0 spiro atoms. The van der Waals surface area contributed by atoms with E-state index in [1.54, 1.807) is 11.8 Å². The molecule has 4 aromatic rings. The van der Waals surface area contributed by atoms with Gasteiger partial charge in [0.25, 0.3) is 5.91 Å². The third-order valence-electron chi connectivity index (χ3n) is 7.06. The van der Waals surface area contributed by atoms with Crippen LogP contribution in [0.4, 0.5) is 0 Å². The monoisotopic (exact) mass is 527 g/mol. The van der Waals surface area contributed by atoms with E-state index in [4.69, 9.17) is 0 Å². The minimum atomic E-state index is -0.0187. The van der Waals surface area contributed by atoms with E-state index in [-0.39, 0.29) is 17.9 Å². The third kappa shape index (κ3) is 5.75. The molecule has 0 bridgehead atoms. The summed E-state index contributed by atoms with van der Waals surface area (Å²) in [6.07, 6.45) is 2.28. The normalized spacial score (nSPS) is 15.7. The SMILES string of the molecule is Cc1nnc(SCCCCC(=O)N2CCN(C(=O)c3ccc4ccccc4c3)C(C)C2)n1-c1ccccc1. The maximum atomic E-state index is 13.2. The van der Waals surface area contributed by atoms with Crippen molar-refractivity contribution in [3.8, 4) is 5.69 Å². The van der Waals surface area contributed by atoms with Gasteiger partial charge in [0.1, 0.15) is 5.82 Å². The van der Waals surface area contributed by atoms with Gasteiger partial charge in [0, 0.05) is 49.1 Å². The number of para-hydroxylation sites is 1. The number of benzene rings is 3. The number of nitrogens with zero attached hydrogens (tertiary/aromatic N) is 5. The number of carbonyl (C=O) groups is 2. The summed E-state index contributed by atoms with van der Waals surface area (Å²) in [7, 11) is 0. The molecule has 0 aliphatic carbocycles. The molecule has 196 valence electrons. The zero-order chi connectivity index (χ0) is 26.5. The highest BCUT2D eigenvalue weighted by Crippen LogP contribution is 2.23. The Kier molecular flexibility index (Phi) is 8.08. The lowest BCUT2D eigenvalue weighted by molar-refractivity contribution is -0.133. The summed E-state index contributed by atoms with van der Waals surface area (Å²) < 4.78 is 2.07. The van der Waals surface area contributed by atoms with E-state index in [1.165, 1.54) is 0 Å². The largest absolute Gasteiger partial charge is 0.339 e. The topological polar surface area (TPSA) is 71.3 Å². The second kappa shape index (κ2) is 11.8. The number of thioether (sulfide) groups is 1. The number of carbonyl (C=O) groups excluding carboxylic acids is 2. The van der Waals surface area contributed by atoms with Crippen molar-refractivity contribution in [2.24, 2.45) is 0 Å². The van der Waals surface area contributed by atoms with Crippen molar-refractivity contribution >= 4 is 34.3 Å². The molecule has 1 unspecified atom stereocenters. The van der Waals surface area contributed by atoms with Gasteiger partial charge in [-0.1, -0.05) is 60.3 Å². The molecule has 0 N–H and O–H groups in total. The van der Waals surface area contributed by atoms with Gasteiger partial charge in [0.05, 0.1) is 0 Å². The molecule has 7 nitrogen and oxygen atoms in total. The van der Waals surface area contributed by atoms with Gasteiger partial charge >= 0.3 is 0 Å². The number of rotatable bonds is 8. The molecule has 1 fully saturated rings. The van der Waals surface area contributed by atoms with Crippen LogP contribution in [-0.4, -0.2) is 67.8 Å². The molecule has 2 heterocycles. The maximum Gasteiger partial charge on any atom is 0.254 e. The van der Waals surface area contributed by atoms with Gasteiger partial charge in [-0.15, -0.1) is 10.2 Å². The van der Waals surface area contributed by atoms with Gasteiger partial charge in [-0.3, -0.25) is 14.2 Å². The van der Waals surface area contributed by atoms with Crippen LogP contribution < -0.4 is 0 Å². The summed E-state index contributed by atoms with van der Waals surface area (Å²) in [5.74, 6) is 1.94. The number of unbranched alkanes of at least 4 members (excludes halogenated alkanes) is 1. The van der Waals surface area contributed by atoms with Crippen molar-refractivity contribution in [2.45, 2.75) is 44.3 Å². The number of hydrogen-bond donors (Lipinski definition) is 0. The van der Waals surface area contributed by atoms with Crippen LogP contribution in [-0.2, 0) is 4.79 Å². The average Bonchev–Trinajstić information content (AvgIpc) is 3.32. The van der Waals surface area contributed by atoms with E-state index in [9.17, 15) is 9.59 Å². The quantitative estimate of drug-likeness (QED) is 0.228. The van der Waals surface area contributed by atoms with Crippen LogP contribution in [0.1, 0.15) is 42.4 Å². The van der Waals surface area contributed by atoms with Crippen LogP contribution in [0.15, 0.2) is 78.0 Å². The fraction of sp³-hybridized carbons (Fsp3) is 0.333. The standard InChI is InChI=1S/C30H33N5O2S/c1-22-21-33(17-18-34(22)29(37)26-16-15-24-10-6-7-11-25(24)20-26)28(36)14-8-9-19-38-30-32-31-23(2)35(30)27-12-4-3-5-13-27/h3-7,10-13,15-16,20,22H,8-9,14,17-19,21H2,1-2H3. The van der Waals surface area contributed by atoms with Gasteiger partial charge in [0.2, 0.25) is 5.91 Å². The Morgan fingerprint density at radius 1 is 0.921 bits per heavy atom. The van der Waals surface area contributed by atoms with Crippen molar-refractivity contribution in [3.63, 3.8) is 0 Å². The molecule has 3 aromatic carbocycles. The molecule has 0 saturated carbocycles. The summed E-state index contributed by atoms with van der Waals surface area (Å²) in [5, 5.41) is 11.6. The number of fused-ring (bicyclic) bond motifs is 1. The lowest BCUT2D eigenvalue weighted by atomic mass is 10.0. The van der Waals surface area contributed by atoms with Gasteiger partial charge < -0.3 is 9.80 Å². The molecule has 1 aliphatic rings. The van der Waals surface area contributed by atoms with E-state index < -0.39 is 0 Å². The highest BCUT2D eigenvalue weighted by atomic mass is 32.2. The Balaban J connectivity index is 1.08. The molecular weight excluding hydrogens is 494 g/mol. The number of aromatic nitrogens is 3. The van der Waals surface area contributed by atoms with Crippen LogP contribution in [0, 0.1) is 6.92 Å². The van der Waals surface area contributed by atoms with Crippen LogP contribution in [0.2, 0.25) is 0 Å². The second-order valence-electron chi connectivity index (χ2n) is 9.76. The summed E-state index contributed by atoms with van der Waals surface area (Å²) in [5.41, 5.74) is 1.76. The number of hydrogen-bond acceptors (Lipinski definition) is 5. The first-order valence-electron chi connectivity index (χ1n) is 13.2. The predicted octanol–water partition coefficient (Wildman–Crippen LogP) is 5.36. The Labute approximate surface area is 227 Å². The molecular formula is C30H33N5O2S. The Morgan fingerprint density at radius 3 is 2.47 bits per heavy atom. The third-order valence-corrected chi connectivity index (χ3v) is 8.08. The van der Waals surface area contributed by atoms with Crippen molar-refractivity contribution in [3.05, 3.63) is 84.2 Å². The van der Waals surface area contributed by atoms with Crippen molar-refractivity contribution in [1.82, 2.24) is 24.6 Å². The number of amides is 2. The zero-order valence-electron chi connectivity index (χ0n) is 21.9. The molecule has 1 aromatic heterocycles. The second-order valence-corrected chi connectivity index (χ2v) is 10.8. The fourth-order valence-corrected chi connectivity index (χ4v) is 5.98. The summed E-state index contributed by atoms with van der Waals surface area (Å²) in [4.78, 5) is 29.9. The minimum absolute atomic E-state index is 0.0187. The predicted molar refractivity (Wildman–Crippen MR) is 152 cm³/mol. The summed E-state index contributed by atoms with van der Waals surface area (Å²) in [6.45, 7) is 5.70. The van der Waals surface area contributed by atoms with Crippen LogP contribution >= 0.6 is 11.8 Å². The average molecular weight is 528 g/mol. The molecule has 2 amide bonds. The maximum absolute atomic E-state index is 13.2. The van der Waals surface area contributed by atoms with E-state index in [1.807, 2.05) is 84.3 Å². The van der Waals surface area contributed by atoms with E-state index in [0.29, 0.717) is 31.6 Å². The number of aryl methyl sites for hydroxylation is 1. The summed E-state index contributed by atoms with van der Waals surface area (Å²) in [6, 6.07) is 24.0. The van der Waals surface area contributed by atoms with Gasteiger partial charge in [-0.05, 0) is 61.7 Å². The van der Waals surface area contributed by atoms with Gasteiger partial charge in [-0.25, -0.2) is 0 Å². The molecule has 1 saturated heterocycles. The number of piperazine rings is 1. The van der Waals surface area contributed by atoms with E-state index in [2.05, 4.69) is 26.9 Å². The molecule has 5 rings (SSSR count). The minimum Gasteiger partial charge on any atom is -0.339 e. The summed E-state index contributed by atoms with van der Waals surface area (Å²) >= 11 is 1.67. The lowest BCUT2D eigenvalue weighted by Crippen LogP contribution is -2.55. The lowest BCUT2D eigenvalue weighted by Gasteiger charge is -2.40. The fourth-order valence-electron chi connectivity index (χ4n) is 4.98. The highest BCUT2D eigenvalue weighted by Gasteiger charge is 2.30. The molecule has 0 radical (unpaired) electrons. The van der Waals surface area contributed by atoms with E-state index in [0.717, 1.165) is 46.0 Å².